The summed E-state index contributed by atoms with van der Waals surface area (Å²) in [6.45, 7) is 0.888. The molecule has 0 aromatic carbocycles. The summed E-state index contributed by atoms with van der Waals surface area (Å²) in [5.74, 6) is 0. The second-order valence-corrected chi connectivity index (χ2v) is 6.15. The summed E-state index contributed by atoms with van der Waals surface area (Å²) in [5.41, 5.74) is 1.12. The lowest BCUT2D eigenvalue weighted by Gasteiger charge is -2.35. The molecule has 0 aliphatic carbocycles. The number of hydrogen-bond donors (Lipinski definition) is 1. The molecule has 4 nitrogen and oxygen atoms in total. The topological polar surface area (TPSA) is 33.1 Å². The highest BCUT2D eigenvalue weighted by Crippen LogP contribution is 2.30. The van der Waals surface area contributed by atoms with E-state index in [4.69, 9.17) is 11.6 Å². The van der Waals surface area contributed by atoms with Crippen LogP contribution in [0.5, 0.6) is 0 Å². The van der Waals surface area contributed by atoms with Crippen molar-refractivity contribution in [3.8, 4) is 0 Å². The minimum atomic E-state index is 0. The van der Waals surface area contributed by atoms with E-state index >= 15 is 0 Å². The normalized spacial score (nSPS) is 29.6. The fraction of sp³-hybridized carbons (Fsp3) is 0.769. The minimum absolute atomic E-state index is 0. The Balaban J connectivity index is 0.00000133. The highest BCUT2D eigenvalue weighted by Gasteiger charge is 2.35. The van der Waals surface area contributed by atoms with E-state index in [9.17, 15) is 0 Å². The van der Waals surface area contributed by atoms with Crippen LogP contribution in [0.3, 0.4) is 0 Å². The molecule has 2 unspecified atom stereocenters. The van der Waals surface area contributed by atoms with Gasteiger partial charge in [0.15, 0.2) is 0 Å². The number of piperidine rings is 1. The summed E-state index contributed by atoms with van der Waals surface area (Å²) in [5, 5.41) is 8.67. The second-order valence-electron chi connectivity index (χ2n) is 5.74. The van der Waals surface area contributed by atoms with Crippen molar-refractivity contribution in [2.24, 2.45) is 7.05 Å². The van der Waals surface area contributed by atoms with Crippen molar-refractivity contribution in [2.75, 3.05) is 7.05 Å². The van der Waals surface area contributed by atoms with Gasteiger partial charge in [-0.05, 0) is 32.7 Å². The number of aromatic nitrogens is 2. The molecule has 2 saturated heterocycles. The van der Waals surface area contributed by atoms with E-state index in [1.165, 1.54) is 25.7 Å². The molecule has 1 aromatic rings. The van der Waals surface area contributed by atoms with Crippen molar-refractivity contribution in [3.05, 3.63) is 16.9 Å². The van der Waals surface area contributed by atoms with Crippen molar-refractivity contribution >= 4 is 24.0 Å². The van der Waals surface area contributed by atoms with Crippen molar-refractivity contribution in [3.63, 3.8) is 0 Å². The number of hydrogen-bond acceptors (Lipinski definition) is 3. The van der Waals surface area contributed by atoms with Gasteiger partial charge in [0, 0.05) is 31.7 Å². The van der Waals surface area contributed by atoms with Crippen LogP contribution in [0.15, 0.2) is 6.20 Å². The molecule has 3 heterocycles. The largest absolute Gasteiger partial charge is 0.311 e. The maximum atomic E-state index is 6.18. The number of nitrogens with one attached hydrogen (secondary N) is 1. The number of fused-ring (bicyclic) bond motifs is 2. The molecule has 3 rings (SSSR count). The third-order valence-corrected chi connectivity index (χ3v) is 4.80. The van der Waals surface area contributed by atoms with Gasteiger partial charge in [-0.15, -0.1) is 12.4 Å². The SMILES string of the molecule is CN(Cc1c(Cl)cnn1C)C1CC2CCC(C1)N2.Cl. The van der Waals surface area contributed by atoms with E-state index in [0.29, 0.717) is 6.04 Å². The average Bonchev–Trinajstić information content (AvgIpc) is 2.85. The van der Waals surface area contributed by atoms with Gasteiger partial charge in [0.1, 0.15) is 0 Å². The molecule has 19 heavy (non-hydrogen) atoms. The van der Waals surface area contributed by atoms with Gasteiger partial charge >= 0.3 is 0 Å². The molecule has 2 atom stereocenters. The van der Waals surface area contributed by atoms with E-state index in [2.05, 4.69) is 22.4 Å². The Hall–Kier alpha value is -0.290. The summed E-state index contributed by atoms with van der Waals surface area (Å²) >= 11 is 6.18. The van der Waals surface area contributed by atoms with Gasteiger partial charge < -0.3 is 5.32 Å². The van der Waals surface area contributed by atoms with Crippen LogP contribution in [0.25, 0.3) is 0 Å². The molecule has 0 amide bonds. The maximum Gasteiger partial charge on any atom is 0.0831 e. The molecule has 2 fully saturated rings. The molecule has 0 saturated carbocycles. The third-order valence-electron chi connectivity index (χ3n) is 4.48. The van der Waals surface area contributed by atoms with Crippen LogP contribution < -0.4 is 5.32 Å². The predicted octanol–water partition coefficient (Wildman–Crippen LogP) is 2.21. The Morgan fingerprint density at radius 1 is 1.42 bits per heavy atom. The zero-order valence-electron chi connectivity index (χ0n) is 11.5. The van der Waals surface area contributed by atoms with E-state index in [1.54, 1.807) is 6.20 Å². The van der Waals surface area contributed by atoms with Gasteiger partial charge in [-0.25, -0.2) is 0 Å². The van der Waals surface area contributed by atoms with Gasteiger partial charge in [-0.1, -0.05) is 11.6 Å². The summed E-state index contributed by atoms with van der Waals surface area (Å²) in [6, 6.07) is 2.14. The maximum absolute atomic E-state index is 6.18. The van der Waals surface area contributed by atoms with E-state index < -0.39 is 0 Å². The Morgan fingerprint density at radius 3 is 2.58 bits per heavy atom. The molecular weight excluding hydrogens is 283 g/mol. The molecule has 6 heteroatoms. The molecule has 2 aliphatic rings. The van der Waals surface area contributed by atoms with Crippen molar-refractivity contribution in [1.29, 1.82) is 0 Å². The Labute approximate surface area is 125 Å². The smallest absolute Gasteiger partial charge is 0.0831 e. The van der Waals surface area contributed by atoms with Crippen LogP contribution in [-0.2, 0) is 13.6 Å². The van der Waals surface area contributed by atoms with E-state index in [-0.39, 0.29) is 12.4 Å². The number of rotatable bonds is 3. The van der Waals surface area contributed by atoms with Gasteiger partial charge in [0.25, 0.3) is 0 Å². The van der Waals surface area contributed by atoms with Gasteiger partial charge in [0.05, 0.1) is 16.9 Å². The quantitative estimate of drug-likeness (QED) is 0.929. The summed E-state index contributed by atoms with van der Waals surface area (Å²) in [4.78, 5) is 2.44. The van der Waals surface area contributed by atoms with Crippen LogP contribution in [-0.4, -0.2) is 39.9 Å². The standard InChI is InChI=1S/C13H21ClN4.ClH/c1-17(8-13-12(14)7-15-18(13)2)11-5-9-3-4-10(6-11)16-9;/h7,9-11,16H,3-6,8H2,1-2H3;1H. The summed E-state index contributed by atoms with van der Waals surface area (Å²) < 4.78 is 1.88. The second kappa shape index (κ2) is 6.00. The van der Waals surface area contributed by atoms with Gasteiger partial charge in [0.2, 0.25) is 0 Å². The zero-order valence-corrected chi connectivity index (χ0v) is 13.0. The lowest BCUT2D eigenvalue weighted by atomic mass is 9.98. The average molecular weight is 305 g/mol. The first-order valence-corrected chi connectivity index (χ1v) is 7.14. The molecule has 1 N–H and O–H groups in total. The van der Waals surface area contributed by atoms with Crippen LogP contribution in [0, 0.1) is 0 Å². The van der Waals surface area contributed by atoms with Crippen LogP contribution in [0.4, 0.5) is 0 Å². The molecule has 2 aliphatic heterocycles. The zero-order chi connectivity index (χ0) is 12.7. The number of aryl methyl sites for hydroxylation is 1. The fourth-order valence-corrected chi connectivity index (χ4v) is 3.59. The number of nitrogens with zero attached hydrogens (tertiary/aromatic N) is 3. The van der Waals surface area contributed by atoms with Crippen molar-refractivity contribution < 1.29 is 0 Å². The lowest BCUT2D eigenvalue weighted by molar-refractivity contribution is 0.163. The molecule has 2 bridgehead atoms. The summed E-state index contributed by atoms with van der Waals surface area (Å²) in [7, 11) is 4.17. The van der Waals surface area contributed by atoms with E-state index in [0.717, 1.165) is 29.3 Å². The molecule has 0 spiro atoms. The highest BCUT2D eigenvalue weighted by molar-refractivity contribution is 6.31. The predicted molar refractivity (Wildman–Crippen MR) is 79.9 cm³/mol. The lowest BCUT2D eigenvalue weighted by Crippen LogP contribution is -2.46. The molecule has 108 valence electrons. The molecule has 0 radical (unpaired) electrons. The fourth-order valence-electron chi connectivity index (χ4n) is 3.37. The first-order chi connectivity index (χ1) is 8.63. The van der Waals surface area contributed by atoms with Crippen LogP contribution in [0.2, 0.25) is 5.02 Å². The molecular formula is C13H22Cl2N4. The Kier molecular flexibility index (Phi) is 4.77. The van der Waals surface area contributed by atoms with Crippen molar-refractivity contribution in [2.45, 2.75) is 50.4 Å². The first-order valence-electron chi connectivity index (χ1n) is 6.76. The van der Waals surface area contributed by atoms with Crippen molar-refractivity contribution in [1.82, 2.24) is 20.0 Å². The molecule has 1 aromatic heterocycles. The monoisotopic (exact) mass is 304 g/mol. The Bertz CT molecular complexity index is 403. The van der Waals surface area contributed by atoms with Gasteiger partial charge in [-0.3, -0.25) is 9.58 Å². The minimum Gasteiger partial charge on any atom is -0.311 e. The highest BCUT2D eigenvalue weighted by atomic mass is 35.5. The first kappa shape index (κ1) is 15.1. The van der Waals surface area contributed by atoms with Gasteiger partial charge in [-0.2, -0.15) is 5.10 Å². The van der Waals surface area contributed by atoms with E-state index in [1.807, 2.05) is 11.7 Å². The van der Waals surface area contributed by atoms with Crippen LogP contribution >= 0.6 is 24.0 Å². The van der Waals surface area contributed by atoms with Crippen LogP contribution in [0.1, 0.15) is 31.4 Å². The number of halogens is 2. The summed E-state index contributed by atoms with van der Waals surface area (Å²) in [6.07, 6.45) is 6.96. The Morgan fingerprint density at radius 2 is 2.05 bits per heavy atom. The third kappa shape index (κ3) is 3.07.